The van der Waals surface area contributed by atoms with Crippen molar-refractivity contribution in [2.24, 2.45) is 40.5 Å². The second-order valence-corrected chi connectivity index (χ2v) is 18.0. The topological polar surface area (TPSA) is 26.5 Å². The van der Waals surface area contributed by atoms with E-state index in [-0.39, 0.29) is 7.43 Å². The lowest BCUT2D eigenvalue weighted by Crippen LogP contribution is -2.06. The van der Waals surface area contributed by atoms with Crippen molar-refractivity contribution in [1.82, 2.24) is 4.57 Å². The Labute approximate surface area is 349 Å². The molecular formula is C53H90N2O. The summed E-state index contributed by atoms with van der Waals surface area (Å²) in [5, 5.41) is 0. The summed E-state index contributed by atoms with van der Waals surface area (Å²) in [4.78, 5) is 4.24. The van der Waals surface area contributed by atoms with Gasteiger partial charge in [0.15, 0.2) is 0 Å². The highest BCUT2D eigenvalue weighted by Crippen LogP contribution is 2.28. The Bertz CT molecular complexity index is 1310. The van der Waals surface area contributed by atoms with E-state index in [1.807, 2.05) is 18.3 Å². The van der Waals surface area contributed by atoms with Crippen molar-refractivity contribution in [2.75, 3.05) is 7.11 Å². The lowest BCUT2D eigenvalue weighted by molar-refractivity contribution is 0.317. The van der Waals surface area contributed by atoms with Gasteiger partial charge in [-0.15, -0.1) is 0 Å². The van der Waals surface area contributed by atoms with Crippen molar-refractivity contribution in [3.05, 3.63) is 102 Å². The number of nitrogens with zero attached hydrogens (tertiary/aromatic N) is 2. The van der Waals surface area contributed by atoms with E-state index >= 15 is 0 Å². The van der Waals surface area contributed by atoms with Gasteiger partial charge in [0.1, 0.15) is 5.75 Å². The Balaban J connectivity index is 0.000000674. The first-order valence-corrected chi connectivity index (χ1v) is 22.4. The van der Waals surface area contributed by atoms with Crippen molar-refractivity contribution in [3.8, 4) is 5.75 Å². The fourth-order valence-corrected chi connectivity index (χ4v) is 6.33. The first-order chi connectivity index (χ1) is 26.4. The molecule has 0 bridgehead atoms. The highest BCUT2D eigenvalue weighted by atomic mass is 16.5. The molecule has 3 heteroatoms. The van der Waals surface area contributed by atoms with Gasteiger partial charge < -0.3 is 9.30 Å². The van der Waals surface area contributed by atoms with E-state index in [1.54, 1.807) is 7.11 Å². The highest BCUT2D eigenvalue weighted by molar-refractivity contribution is 5.64. The molecule has 318 valence electrons. The lowest BCUT2D eigenvalue weighted by Gasteiger charge is -2.21. The Kier molecular flexibility index (Phi) is 32.1. The molecular weight excluding hydrogens is 681 g/mol. The Morgan fingerprint density at radius 2 is 1.09 bits per heavy atom. The zero-order valence-corrected chi connectivity index (χ0v) is 37.7. The summed E-state index contributed by atoms with van der Waals surface area (Å²) in [7, 11) is 1.70. The molecule has 1 saturated carbocycles. The van der Waals surface area contributed by atoms with Crippen LogP contribution in [0, 0.1) is 35.5 Å². The SMILES string of the molecule is C.CC(C)CCC1=CCC=N1.CC(C)CCC1CCCCC1.CC(C)CCc1ccccc1.CC(C)CCn1cccc1.COc1ccc(CCC(C)C)cc1. The average Bonchev–Trinajstić information content (AvgIpc) is 3.91. The summed E-state index contributed by atoms with van der Waals surface area (Å²) in [6, 6.07) is 23.1. The van der Waals surface area contributed by atoms with Crippen LogP contribution in [0.25, 0.3) is 0 Å². The van der Waals surface area contributed by atoms with Crippen LogP contribution in [-0.2, 0) is 19.4 Å². The van der Waals surface area contributed by atoms with Crippen molar-refractivity contribution in [1.29, 1.82) is 0 Å². The number of rotatable bonds is 16. The molecule has 2 aromatic carbocycles. The number of hydrogen-bond donors (Lipinski definition) is 0. The number of aryl methyl sites for hydroxylation is 3. The molecule has 0 radical (unpaired) electrons. The second-order valence-electron chi connectivity index (χ2n) is 18.0. The van der Waals surface area contributed by atoms with Gasteiger partial charge in [0, 0.05) is 37.3 Å². The van der Waals surface area contributed by atoms with Crippen LogP contribution in [0.2, 0.25) is 0 Å². The molecule has 1 aromatic heterocycles. The normalized spacial score (nSPS) is 13.5. The van der Waals surface area contributed by atoms with Gasteiger partial charge in [-0.25, -0.2) is 0 Å². The molecule has 1 fully saturated rings. The van der Waals surface area contributed by atoms with Gasteiger partial charge in [-0.2, -0.15) is 0 Å². The molecule has 0 N–H and O–H groups in total. The fraction of sp³-hybridized carbons (Fsp3) is 0.642. The summed E-state index contributed by atoms with van der Waals surface area (Å²) in [6.07, 6.45) is 28.6. The van der Waals surface area contributed by atoms with Gasteiger partial charge in [0.2, 0.25) is 0 Å². The molecule has 1 aliphatic heterocycles. The number of methoxy groups -OCH3 is 1. The molecule has 1 aliphatic carbocycles. The zero-order valence-electron chi connectivity index (χ0n) is 37.7. The zero-order chi connectivity index (χ0) is 40.7. The van der Waals surface area contributed by atoms with Gasteiger partial charge in [0.05, 0.1) is 7.11 Å². The van der Waals surface area contributed by atoms with Gasteiger partial charge in [-0.3, -0.25) is 4.99 Å². The van der Waals surface area contributed by atoms with Crippen LogP contribution in [0.1, 0.15) is 171 Å². The molecule has 0 spiro atoms. The number of benzene rings is 2. The third kappa shape index (κ3) is 31.1. The summed E-state index contributed by atoms with van der Waals surface area (Å²) in [6.45, 7) is 23.9. The first kappa shape index (κ1) is 52.9. The van der Waals surface area contributed by atoms with E-state index in [0.29, 0.717) is 0 Å². The number of ether oxygens (including phenoxy) is 1. The van der Waals surface area contributed by atoms with Crippen LogP contribution in [0.3, 0.4) is 0 Å². The predicted octanol–water partition coefficient (Wildman–Crippen LogP) is 16.5. The molecule has 2 aliphatic rings. The number of aromatic nitrogens is 1. The van der Waals surface area contributed by atoms with Crippen molar-refractivity contribution in [2.45, 2.75) is 180 Å². The maximum atomic E-state index is 5.09. The van der Waals surface area contributed by atoms with Gasteiger partial charge in [-0.05, 0) is 116 Å². The predicted molar refractivity (Wildman–Crippen MR) is 252 cm³/mol. The minimum atomic E-state index is 0. The van der Waals surface area contributed by atoms with Crippen LogP contribution < -0.4 is 4.74 Å². The van der Waals surface area contributed by atoms with Crippen LogP contribution in [0.15, 0.2) is 95.9 Å². The van der Waals surface area contributed by atoms with Crippen LogP contribution in [0.4, 0.5) is 0 Å². The maximum Gasteiger partial charge on any atom is 0.118 e. The lowest BCUT2D eigenvalue weighted by atomic mass is 9.85. The standard InChI is InChI=1S/C12H18O.C11H22.C11H16.2C9H15N.CH4/c1-10(2)4-5-11-6-8-12(13-3)9-7-11;2*1-10(2)8-9-11-6-4-3-5-7-11;1-8(2)5-6-9-4-3-7-10-9;1-9(2)5-8-10-6-3-4-7-10;/h6-10H,4-5H2,1-3H3;10-11H,3-9H2,1-2H3;3-7,10H,8-9H2,1-2H3;4,7-8H,3,5-6H2,1-2H3;3-4,6-7,9H,5,8H2,1-2H3;1H4. The van der Waals surface area contributed by atoms with E-state index in [4.69, 9.17) is 4.74 Å². The third-order valence-electron chi connectivity index (χ3n) is 10.2. The summed E-state index contributed by atoms with van der Waals surface area (Å²) in [5.74, 6) is 6.15. The van der Waals surface area contributed by atoms with E-state index in [1.165, 1.54) is 100 Å². The quantitative estimate of drug-likeness (QED) is 0.142. The minimum Gasteiger partial charge on any atom is -0.497 e. The Morgan fingerprint density at radius 3 is 1.55 bits per heavy atom. The Hall–Kier alpha value is -3.07. The van der Waals surface area contributed by atoms with E-state index in [9.17, 15) is 0 Å². The Morgan fingerprint density at radius 1 is 0.589 bits per heavy atom. The van der Waals surface area contributed by atoms with Crippen molar-refractivity contribution in [3.63, 3.8) is 0 Å². The molecule has 0 atom stereocenters. The molecule has 5 rings (SSSR count). The summed E-state index contributed by atoms with van der Waals surface area (Å²) >= 11 is 0. The van der Waals surface area contributed by atoms with Gasteiger partial charge in [0.25, 0.3) is 0 Å². The highest BCUT2D eigenvalue weighted by Gasteiger charge is 2.13. The summed E-state index contributed by atoms with van der Waals surface area (Å²) < 4.78 is 7.32. The second kappa shape index (κ2) is 34.0. The summed E-state index contributed by atoms with van der Waals surface area (Å²) in [5.41, 5.74) is 4.14. The van der Waals surface area contributed by atoms with Gasteiger partial charge >= 0.3 is 0 Å². The van der Waals surface area contributed by atoms with Crippen LogP contribution in [-0.4, -0.2) is 17.9 Å². The minimum absolute atomic E-state index is 0. The molecule has 0 saturated heterocycles. The maximum absolute atomic E-state index is 5.09. The van der Waals surface area contributed by atoms with Gasteiger partial charge in [-0.1, -0.05) is 170 Å². The molecule has 0 amide bonds. The first-order valence-electron chi connectivity index (χ1n) is 22.4. The number of hydrogen-bond acceptors (Lipinski definition) is 2. The molecule has 0 unspecified atom stereocenters. The molecule has 56 heavy (non-hydrogen) atoms. The van der Waals surface area contributed by atoms with Crippen LogP contribution in [0.5, 0.6) is 5.75 Å². The monoisotopic (exact) mass is 771 g/mol. The van der Waals surface area contributed by atoms with E-state index in [0.717, 1.165) is 60.6 Å². The van der Waals surface area contributed by atoms with E-state index < -0.39 is 0 Å². The fourth-order valence-electron chi connectivity index (χ4n) is 6.33. The largest absolute Gasteiger partial charge is 0.497 e. The number of aliphatic imine (C=N–C) groups is 1. The third-order valence-corrected chi connectivity index (χ3v) is 10.2. The van der Waals surface area contributed by atoms with E-state index in [2.05, 4.69) is 152 Å². The van der Waals surface area contributed by atoms with Crippen molar-refractivity contribution >= 4 is 6.21 Å². The molecule has 3 nitrogen and oxygen atoms in total. The average molecular weight is 771 g/mol. The number of allylic oxidation sites excluding steroid dienone is 2. The molecule has 2 heterocycles. The van der Waals surface area contributed by atoms with Crippen molar-refractivity contribution < 1.29 is 4.74 Å². The van der Waals surface area contributed by atoms with Crippen LogP contribution >= 0.6 is 0 Å². The smallest absolute Gasteiger partial charge is 0.118 e. The molecule has 3 aromatic rings.